The van der Waals surface area contributed by atoms with Crippen LogP contribution in [0.3, 0.4) is 0 Å². The molecule has 2 aromatic carbocycles. The predicted octanol–water partition coefficient (Wildman–Crippen LogP) is 1.65. The van der Waals surface area contributed by atoms with Gasteiger partial charge in [-0.1, -0.05) is 6.07 Å². The Bertz CT molecular complexity index is 1220. The van der Waals surface area contributed by atoms with E-state index in [1.165, 1.54) is 0 Å². The fraction of sp³-hybridized carbons (Fsp3) is 0.364. The third kappa shape index (κ3) is 3.43. The lowest BCUT2D eigenvalue weighted by atomic mass is 10.0. The van der Waals surface area contributed by atoms with Crippen LogP contribution in [0.15, 0.2) is 35.1 Å². The summed E-state index contributed by atoms with van der Waals surface area (Å²) in [5.41, 5.74) is 14.4. The van der Waals surface area contributed by atoms with E-state index in [9.17, 15) is 4.79 Å². The number of pyridine rings is 1. The van der Waals surface area contributed by atoms with Crippen LogP contribution in [-0.2, 0) is 6.54 Å². The largest absolute Gasteiger partial charge is 0.496 e. The quantitative estimate of drug-likeness (QED) is 0.233. The average molecular weight is 409 g/mol. The minimum Gasteiger partial charge on any atom is -0.496 e. The molecule has 0 aliphatic carbocycles. The molecule has 0 aliphatic heterocycles. The molecule has 0 saturated heterocycles. The van der Waals surface area contributed by atoms with E-state index in [1.54, 1.807) is 7.11 Å². The molecule has 8 nitrogen and oxygen atoms in total. The van der Waals surface area contributed by atoms with Crippen molar-refractivity contribution < 1.29 is 4.74 Å². The van der Waals surface area contributed by atoms with Crippen molar-refractivity contribution in [2.24, 2.45) is 11.5 Å². The Morgan fingerprint density at radius 1 is 1.07 bits per heavy atom. The summed E-state index contributed by atoms with van der Waals surface area (Å²) in [5, 5.41) is 13.8. The van der Waals surface area contributed by atoms with Gasteiger partial charge in [0.05, 0.1) is 34.6 Å². The van der Waals surface area contributed by atoms with Crippen molar-refractivity contribution in [3.8, 4) is 5.75 Å². The maximum Gasteiger partial charge on any atom is 0.203 e. The summed E-state index contributed by atoms with van der Waals surface area (Å²) in [6.45, 7) is 3.36. The molecule has 0 unspecified atom stereocenters. The molecule has 4 rings (SSSR count). The number of rotatable bonds is 10. The van der Waals surface area contributed by atoms with Crippen molar-refractivity contribution in [2.45, 2.75) is 19.4 Å². The first-order valence-electron chi connectivity index (χ1n) is 10.3. The van der Waals surface area contributed by atoms with Gasteiger partial charge in [0.15, 0.2) is 0 Å². The number of aromatic nitrogens is 2. The molecule has 6 N–H and O–H groups in total. The van der Waals surface area contributed by atoms with Crippen LogP contribution >= 0.6 is 0 Å². The lowest BCUT2D eigenvalue weighted by Gasteiger charge is -2.12. The molecule has 0 fully saturated rings. The van der Waals surface area contributed by atoms with E-state index in [1.807, 2.05) is 34.8 Å². The van der Waals surface area contributed by atoms with Crippen LogP contribution in [0.5, 0.6) is 5.75 Å². The summed E-state index contributed by atoms with van der Waals surface area (Å²) in [5.74, 6) is 0.547. The van der Waals surface area contributed by atoms with E-state index in [2.05, 4.69) is 10.6 Å². The Hall–Kier alpha value is -2.94. The van der Waals surface area contributed by atoms with Crippen LogP contribution in [0.2, 0.25) is 0 Å². The van der Waals surface area contributed by atoms with Crippen LogP contribution in [0.4, 0.5) is 5.69 Å². The maximum atomic E-state index is 13.6. The van der Waals surface area contributed by atoms with Crippen LogP contribution in [0.25, 0.3) is 27.2 Å². The summed E-state index contributed by atoms with van der Waals surface area (Å²) in [7, 11) is 1.58. The van der Waals surface area contributed by atoms with Crippen LogP contribution < -0.4 is 32.3 Å². The first-order chi connectivity index (χ1) is 14.7. The van der Waals surface area contributed by atoms with Crippen molar-refractivity contribution in [1.82, 2.24) is 14.9 Å². The van der Waals surface area contributed by atoms with Gasteiger partial charge in [0.1, 0.15) is 5.75 Å². The number of nitrogens with two attached hydrogens (primary N) is 2. The second-order valence-corrected chi connectivity index (χ2v) is 7.31. The lowest BCUT2D eigenvalue weighted by molar-refractivity contribution is 0.419. The number of hydrogen-bond donors (Lipinski definition) is 4. The zero-order valence-electron chi connectivity index (χ0n) is 17.2. The summed E-state index contributed by atoms with van der Waals surface area (Å²) < 4.78 is 7.38. The van der Waals surface area contributed by atoms with E-state index < -0.39 is 0 Å². The summed E-state index contributed by atoms with van der Waals surface area (Å²) in [6.07, 6.45) is 1.72. The molecule has 0 aliphatic rings. The summed E-state index contributed by atoms with van der Waals surface area (Å²) in [6, 6.07) is 9.59. The predicted molar refractivity (Wildman–Crippen MR) is 122 cm³/mol. The highest BCUT2D eigenvalue weighted by Crippen LogP contribution is 2.33. The second kappa shape index (κ2) is 8.83. The van der Waals surface area contributed by atoms with Crippen molar-refractivity contribution in [3.63, 3.8) is 0 Å². The molecule has 158 valence electrons. The lowest BCUT2D eigenvalue weighted by Crippen LogP contribution is -2.18. The molecule has 2 heterocycles. The zero-order chi connectivity index (χ0) is 21.1. The van der Waals surface area contributed by atoms with Crippen molar-refractivity contribution >= 4 is 32.9 Å². The number of nitrogens with one attached hydrogen (secondary N) is 2. The number of hydrogen-bond acceptors (Lipinski definition) is 7. The molecule has 2 aromatic heterocycles. The minimum absolute atomic E-state index is 0.0571. The smallest absolute Gasteiger partial charge is 0.203 e. The SMILES string of the molecule is COc1cccc2c1c(=O)c1c(NCCCN)ccc3c(CNCCCN)nn2c31. The Balaban J connectivity index is 1.97. The first kappa shape index (κ1) is 20.3. The van der Waals surface area contributed by atoms with Gasteiger partial charge in [-0.3, -0.25) is 4.79 Å². The van der Waals surface area contributed by atoms with Gasteiger partial charge in [-0.2, -0.15) is 5.10 Å². The number of nitrogens with zero attached hydrogens (tertiary/aromatic N) is 2. The van der Waals surface area contributed by atoms with Gasteiger partial charge < -0.3 is 26.8 Å². The molecule has 0 atom stereocenters. The molecule has 0 spiro atoms. The van der Waals surface area contributed by atoms with E-state index in [0.29, 0.717) is 42.7 Å². The zero-order valence-corrected chi connectivity index (χ0v) is 17.2. The van der Waals surface area contributed by atoms with E-state index in [-0.39, 0.29) is 5.43 Å². The Morgan fingerprint density at radius 2 is 1.87 bits per heavy atom. The van der Waals surface area contributed by atoms with Gasteiger partial charge in [-0.15, -0.1) is 0 Å². The number of ether oxygens (including phenoxy) is 1. The topological polar surface area (TPSA) is 120 Å². The number of methoxy groups -OCH3 is 1. The molecule has 0 saturated carbocycles. The standard InChI is InChI=1S/C22H28N6O2/c1-30-18-6-2-5-17-20(18)22(29)19-15(26-12-4-10-24)8-7-14-16(13-25-11-3-9-23)27-28(17)21(14)19/h2,5-8,25-26H,3-4,9-13,23-24H2,1H3. The third-order valence-corrected chi connectivity index (χ3v) is 5.37. The number of anilines is 1. The fourth-order valence-electron chi connectivity index (χ4n) is 3.93. The molecule has 0 radical (unpaired) electrons. The molecule has 0 bridgehead atoms. The third-order valence-electron chi connectivity index (χ3n) is 5.37. The van der Waals surface area contributed by atoms with Crippen LogP contribution in [0, 0.1) is 0 Å². The summed E-state index contributed by atoms with van der Waals surface area (Å²) >= 11 is 0. The van der Waals surface area contributed by atoms with E-state index >= 15 is 0 Å². The molecular formula is C22H28N6O2. The van der Waals surface area contributed by atoms with E-state index in [0.717, 1.165) is 47.2 Å². The molecule has 30 heavy (non-hydrogen) atoms. The Kier molecular flexibility index (Phi) is 5.98. The van der Waals surface area contributed by atoms with E-state index in [4.69, 9.17) is 21.3 Å². The number of fused-ring (bicyclic) bond motifs is 2. The molecule has 4 aromatic rings. The van der Waals surface area contributed by atoms with Gasteiger partial charge in [0, 0.05) is 24.2 Å². The summed E-state index contributed by atoms with van der Waals surface area (Å²) in [4.78, 5) is 13.6. The van der Waals surface area contributed by atoms with Crippen molar-refractivity contribution in [1.29, 1.82) is 0 Å². The number of benzene rings is 2. The highest BCUT2D eigenvalue weighted by molar-refractivity contribution is 6.09. The van der Waals surface area contributed by atoms with Gasteiger partial charge in [-0.25, -0.2) is 4.52 Å². The maximum absolute atomic E-state index is 13.6. The highest BCUT2D eigenvalue weighted by Gasteiger charge is 2.21. The van der Waals surface area contributed by atoms with Crippen molar-refractivity contribution in [3.05, 3.63) is 46.2 Å². The molecule has 0 amide bonds. The molecule has 8 heteroatoms. The van der Waals surface area contributed by atoms with Crippen molar-refractivity contribution in [2.75, 3.05) is 38.6 Å². The Morgan fingerprint density at radius 3 is 2.63 bits per heavy atom. The Labute approximate surface area is 174 Å². The average Bonchev–Trinajstić information content (AvgIpc) is 3.14. The first-order valence-corrected chi connectivity index (χ1v) is 10.3. The van der Waals surface area contributed by atoms with Gasteiger partial charge >= 0.3 is 0 Å². The van der Waals surface area contributed by atoms with Gasteiger partial charge in [0.2, 0.25) is 5.43 Å². The van der Waals surface area contributed by atoms with Crippen LogP contribution in [0.1, 0.15) is 18.5 Å². The van der Waals surface area contributed by atoms with Crippen LogP contribution in [-0.4, -0.2) is 42.9 Å². The second-order valence-electron chi connectivity index (χ2n) is 7.31. The van der Waals surface area contributed by atoms with Gasteiger partial charge in [-0.05, 0) is 56.7 Å². The monoisotopic (exact) mass is 408 g/mol. The van der Waals surface area contributed by atoms with Gasteiger partial charge in [0.25, 0.3) is 0 Å². The normalized spacial score (nSPS) is 11.7. The molecular weight excluding hydrogens is 380 g/mol. The fourth-order valence-corrected chi connectivity index (χ4v) is 3.93. The minimum atomic E-state index is -0.0571. The highest BCUT2D eigenvalue weighted by atomic mass is 16.5.